The topological polar surface area (TPSA) is 49.4 Å². The lowest BCUT2D eigenvalue weighted by Gasteiger charge is -2.17. The molecule has 1 N–H and O–H groups in total. The summed E-state index contributed by atoms with van der Waals surface area (Å²) >= 11 is 5.82. The molecule has 1 aliphatic rings. The van der Waals surface area contributed by atoms with Crippen molar-refractivity contribution in [3.63, 3.8) is 0 Å². The van der Waals surface area contributed by atoms with Gasteiger partial charge >= 0.3 is 6.18 Å². The smallest absolute Gasteiger partial charge is 0.347 e. The first-order valence-electron chi connectivity index (χ1n) is 7.78. The summed E-state index contributed by atoms with van der Waals surface area (Å²) in [6, 6.07) is 10.4. The van der Waals surface area contributed by atoms with Crippen LogP contribution in [0.4, 0.5) is 18.9 Å². The van der Waals surface area contributed by atoms with E-state index in [9.17, 15) is 22.8 Å². The Bertz CT molecular complexity index is 837. The lowest BCUT2D eigenvalue weighted by molar-refractivity contribution is -0.137. The molecular formula is C18H14ClF3N2O2. The number of nitrogens with zero attached hydrogens (tertiary/aromatic N) is 1. The molecule has 2 amide bonds. The zero-order chi connectivity index (χ0) is 18.9. The zero-order valence-electron chi connectivity index (χ0n) is 13.4. The molecule has 1 atom stereocenters. The standard InChI is InChI=1S/C18H14ClF3N2O2/c19-13-4-6-15(7-5-13)24-10-14(9-16(24)25)23-17(26)11-2-1-3-12(8-11)18(20,21)22/h1-8,14H,9-10H2,(H,23,26)/t14-/m0/s1. The van der Waals surface area contributed by atoms with E-state index >= 15 is 0 Å². The van der Waals surface area contributed by atoms with E-state index in [1.165, 1.54) is 17.0 Å². The van der Waals surface area contributed by atoms with Crippen LogP contribution in [0.15, 0.2) is 48.5 Å². The minimum Gasteiger partial charge on any atom is -0.347 e. The molecule has 136 valence electrons. The van der Waals surface area contributed by atoms with E-state index in [0.717, 1.165) is 12.1 Å². The van der Waals surface area contributed by atoms with Crippen LogP contribution < -0.4 is 10.2 Å². The fourth-order valence-electron chi connectivity index (χ4n) is 2.78. The van der Waals surface area contributed by atoms with Crippen LogP contribution in [0.5, 0.6) is 0 Å². The number of carbonyl (C=O) groups excluding carboxylic acids is 2. The molecule has 2 aromatic rings. The molecule has 1 saturated heterocycles. The van der Waals surface area contributed by atoms with E-state index < -0.39 is 23.7 Å². The summed E-state index contributed by atoms with van der Waals surface area (Å²) in [5.41, 5.74) is -0.345. The Morgan fingerprint density at radius 1 is 1.15 bits per heavy atom. The average Bonchev–Trinajstić information content (AvgIpc) is 2.95. The van der Waals surface area contributed by atoms with Crippen molar-refractivity contribution in [2.75, 3.05) is 11.4 Å². The first-order valence-corrected chi connectivity index (χ1v) is 8.16. The Morgan fingerprint density at radius 2 is 1.85 bits per heavy atom. The molecule has 1 heterocycles. The molecule has 2 aromatic carbocycles. The van der Waals surface area contributed by atoms with Crippen molar-refractivity contribution >= 4 is 29.1 Å². The van der Waals surface area contributed by atoms with Gasteiger partial charge in [0.15, 0.2) is 0 Å². The summed E-state index contributed by atoms with van der Waals surface area (Å²) < 4.78 is 38.3. The van der Waals surface area contributed by atoms with Crippen molar-refractivity contribution in [3.05, 3.63) is 64.7 Å². The van der Waals surface area contributed by atoms with Crippen LogP contribution in [-0.4, -0.2) is 24.4 Å². The van der Waals surface area contributed by atoms with Crippen molar-refractivity contribution in [3.8, 4) is 0 Å². The minimum absolute atomic E-state index is 0.0767. The summed E-state index contributed by atoms with van der Waals surface area (Å²) in [5.74, 6) is -0.825. The van der Waals surface area contributed by atoms with Gasteiger partial charge in [-0.1, -0.05) is 17.7 Å². The van der Waals surface area contributed by atoms with Crippen LogP contribution in [0.3, 0.4) is 0 Å². The second-order valence-corrected chi connectivity index (χ2v) is 6.37. The van der Waals surface area contributed by atoms with Gasteiger partial charge in [0.05, 0.1) is 11.6 Å². The third kappa shape index (κ3) is 3.99. The monoisotopic (exact) mass is 382 g/mol. The van der Waals surface area contributed by atoms with Crippen molar-refractivity contribution in [1.82, 2.24) is 5.32 Å². The molecule has 26 heavy (non-hydrogen) atoms. The van der Waals surface area contributed by atoms with Crippen LogP contribution >= 0.6 is 11.6 Å². The zero-order valence-corrected chi connectivity index (χ0v) is 14.1. The van der Waals surface area contributed by atoms with Crippen molar-refractivity contribution in [2.24, 2.45) is 0 Å². The summed E-state index contributed by atoms with van der Waals surface area (Å²) in [7, 11) is 0. The molecule has 4 nitrogen and oxygen atoms in total. The van der Waals surface area contributed by atoms with Gasteiger partial charge in [0.1, 0.15) is 0 Å². The second kappa shape index (κ2) is 6.99. The maximum atomic E-state index is 12.8. The Hall–Kier alpha value is -2.54. The predicted molar refractivity (Wildman–Crippen MR) is 91.1 cm³/mol. The Labute approximate surface area is 152 Å². The molecule has 0 unspecified atom stereocenters. The molecule has 3 rings (SSSR count). The highest BCUT2D eigenvalue weighted by Gasteiger charge is 2.33. The van der Waals surface area contributed by atoms with Gasteiger partial charge in [-0.3, -0.25) is 9.59 Å². The average molecular weight is 383 g/mol. The molecular weight excluding hydrogens is 369 g/mol. The van der Waals surface area contributed by atoms with E-state index in [2.05, 4.69) is 5.32 Å². The van der Waals surface area contributed by atoms with E-state index in [-0.39, 0.29) is 24.4 Å². The van der Waals surface area contributed by atoms with Crippen molar-refractivity contribution < 1.29 is 22.8 Å². The van der Waals surface area contributed by atoms with Crippen LogP contribution in [-0.2, 0) is 11.0 Å². The number of nitrogens with one attached hydrogen (secondary N) is 1. The number of hydrogen-bond acceptors (Lipinski definition) is 2. The quantitative estimate of drug-likeness (QED) is 0.875. The highest BCUT2D eigenvalue weighted by atomic mass is 35.5. The Morgan fingerprint density at radius 3 is 2.50 bits per heavy atom. The van der Waals surface area contributed by atoms with Crippen molar-refractivity contribution in [2.45, 2.75) is 18.6 Å². The number of anilines is 1. The third-order valence-corrected chi connectivity index (χ3v) is 4.30. The van der Waals surface area contributed by atoms with Gasteiger partial charge in [0.25, 0.3) is 5.91 Å². The van der Waals surface area contributed by atoms with E-state index in [1.54, 1.807) is 24.3 Å². The summed E-state index contributed by atoms with van der Waals surface area (Å²) in [4.78, 5) is 25.9. The van der Waals surface area contributed by atoms with Crippen LogP contribution in [0.1, 0.15) is 22.3 Å². The molecule has 8 heteroatoms. The predicted octanol–water partition coefficient (Wildman–Crippen LogP) is 3.89. The number of alkyl halides is 3. The lowest BCUT2D eigenvalue weighted by atomic mass is 10.1. The SMILES string of the molecule is O=C(N[C@H]1CC(=O)N(c2ccc(Cl)cc2)C1)c1cccc(C(F)(F)F)c1. The molecule has 0 saturated carbocycles. The van der Waals surface area contributed by atoms with E-state index in [1.807, 2.05) is 0 Å². The molecule has 1 aliphatic heterocycles. The normalized spacial score (nSPS) is 17.5. The van der Waals surface area contributed by atoms with Gasteiger partial charge in [-0.25, -0.2) is 0 Å². The van der Waals surface area contributed by atoms with Crippen LogP contribution in [0.2, 0.25) is 5.02 Å². The van der Waals surface area contributed by atoms with Gasteiger partial charge in [0.2, 0.25) is 5.91 Å². The highest BCUT2D eigenvalue weighted by molar-refractivity contribution is 6.30. The molecule has 0 spiro atoms. The maximum Gasteiger partial charge on any atom is 0.416 e. The van der Waals surface area contributed by atoms with Gasteiger partial charge in [0, 0.05) is 29.2 Å². The fraction of sp³-hybridized carbons (Fsp3) is 0.222. The van der Waals surface area contributed by atoms with Crippen LogP contribution in [0, 0.1) is 0 Å². The summed E-state index contributed by atoms with van der Waals surface area (Å²) in [6.45, 7) is 0.241. The molecule has 0 radical (unpaired) electrons. The second-order valence-electron chi connectivity index (χ2n) is 5.93. The van der Waals surface area contributed by atoms with Gasteiger partial charge in [-0.2, -0.15) is 13.2 Å². The fourth-order valence-corrected chi connectivity index (χ4v) is 2.91. The summed E-state index contributed by atoms with van der Waals surface area (Å²) in [6.07, 6.45) is -4.45. The Balaban J connectivity index is 1.69. The molecule has 0 aliphatic carbocycles. The Kier molecular flexibility index (Phi) is 4.91. The molecule has 0 bridgehead atoms. The number of rotatable bonds is 3. The molecule has 1 fully saturated rings. The van der Waals surface area contributed by atoms with Gasteiger partial charge in [-0.15, -0.1) is 0 Å². The van der Waals surface area contributed by atoms with Gasteiger partial charge in [-0.05, 0) is 42.5 Å². The number of halogens is 4. The van der Waals surface area contributed by atoms with Crippen LogP contribution in [0.25, 0.3) is 0 Å². The van der Waals surface area contributed by atoms with Gasteiger partial charge < -0.3 is 10.2 Å². The number of benzene rings is 2. The van der Waals surface area contributed by atoms with E-state index in [4.69, 9.17) is 11.6 Å². The molecule has 0 aromatic heterocycles. The summed E-state index contributed by atoms with van der Waals surface area (Å²) in [5, 5.41) is 3.16. The first kappa shape index (κ1) is 18.3. The number of hydrogen-bond donors (Lipinski definition) is 1. The van der Waals surface area contributed by atoms with E-state index in [0.29, 0.717) is 10.7 Å². The highest BCUT2D eigenvalue weighted by Crippen LogP contribution is 2.29. The minimum atomic E-state index is -4.52. The number of amides is 2. The van der Waals surface area contributed by atoms with Crippen molar-refractivity contribution in [1.29, 1.82) is 0 Å². The third-order valence-electron chi connectivity index (χ3n) is 4.05. The largest absolute Gasteiger partial charge is 0.416 e. The maximum absolute atomic E-state index is 12.8. The first-order chi connectivity index (χ1) is 12.2. The lowest BCUT2D eigenvalue weighted by Crippen LogP contribution is -2.37. The number of carbonyl (C=O) groups is 2.